The Hall–Kier alpha value is -2.95. The number of rotatable bonds is 8. The number of nitro groups is 1. The summed E-state index contributed by atoms with van der Waals surface area (Å²) in [7, 11) is 0. The second-order valence-electron chi connectivity index (χ2n) is 6.74. The second kappa shape index (κ2) is 9.90. The molecular weight excluding hydrogens is 515 g/mol. The molecular formula is C22H21IN2O6. The highest BCUT2D eigenvalue weighted by atomic mass is 127. The molecule has 0 saturated heterocycles. The lowest BCUT2D eigenvalue weighted by atomic mass is 9.80. The Balaban J connectivity index is 2.23. The smallest absolute Gasteiger partial charge is 0.321 e. The molecule has 1 aromatic heterocycles. The molecule has 1 heterocycles. The molecule has 0 radical (unpaired) electrons. The normalized spacial score (nSPS) is 12.0. The first-order chi connectivity index (χ1) is 14.9. The summed E-state index contributed by atoms with van der Waals surface area (Å²) >= 11 is 2.19. The van der Waals surface area contributed by atoms with Gasteiger partial charge in [-0.1, -0.05) is 12.1 Å². The largest absolute Gasteiger partial charge is 0.465 e. The molecule has 2 aromatic carbocycles. The topological polar surface area (TPSA) is 112 Å². The van der Waals surface area contributed by atoms with E-state index in [-0.39, 0.29) is 18.9 Å². The maximum atomic E-state index is 12.9. The molecule has 1 N–H and O–H groups in total. The molecule has 0 aliphatic carbocycles. The number of non-ortho nitro benzene ring substituents is 1. The average molecular weight is 536 g/mol. The highest BCUT2D eigenvalue weighted by molar-refractivity contribution is 14.1. The molecule has 1 atom stereocenters. The molecule has 0 bridgehead atoms. The number of aromatic nitrogens is 1. The fourth-order valence-corrected chi connectivity index (χ4v) is 4.05. The third kappa shape index (κ3) is 4.87. The summed E-state index contributed by atoms with van der Waals surface area (Å²) < 4.78 is 11.4. The van der Waals surface area contributed by atoms with E-state index < -0.39 is 28.7 Å². The van der Waals surface area contributed by atoms with Crippen LogP contribution in [0.2, 0.25) is 0 Å². The number of hydrogen-bond acceptors (Lipinski definition) is 6. The van der Waals surface area contributed by atoms with Crippen molar-refractivity contribution in [2.75, 3.05) is 13.2 Å². The van der Waals surface area contributed by atoms with Crippen LogP contribution >= 0.6 is 22.6 Å². The first kappa shape index (κ1) is 22.7. The predicted octanol–water partition coefficient (Wildman–Crippen LogP) is 4.56. The molecule has 0 spiro atoms. The average Bonchev–Trinajstić information content (AvgIpc) is 3.14. The summed E-state index contributed by atoms with van der Waals surface area (Å²) in [6.07, 6.45) is 1.75. The van der Waals surface area contributed by atoms with Crippen molar-refractivity contribution in [1.82, 2.24) is 4.98 Å². The Morgan fingerprint density at radius 3 is 2.23 bits per heavy atom. The Morgan fingerprint density at radius 1 is 1.06 bits per heavy atom. The first-order valence-corrected chi connectivity index (χ1v) is 10.8. The van der Waals surface area contributed by atoms with Gasteiger partial charge < -0.3 is 14.5 Å². The number of fused-ring (bicyclic) bond motifs is 1. The van der Waals surface area contributed by atoms with Crippen molar-refractivity contribution in [3.8, 4) is 0 Å². The number of ether oxygens (including phenoxy) is 2. The monoisotopic (exact) mass is 536 g/mol. The van der Waals surface area contributed by atoms with Gasteiger partial charge in [0.05, 0.1) is 18.1 Å². The van der Waals surface area contributed by atoms with Gasteiger partial charge in [0, 0.05) is 38.7 Å². The lowest BCUT2D eigenvalue weighted by molar-refractivity contribution is -0.384. The van der Waals surface area contributed by atoms with Crippen molar-refractivity contribution < 1.29 is 24.0 Å². The number of hydrogen-bond donors (Lipinski definition) is 1. The molecule has 0 aliphatic rings. The molecule has 9 heteroatoms. The van der Waals surface area contributed by atoms with Crippen molar-refractivity contribution in [2.45, 2.75) is 19.8 Å². The molecule has 0 unspecified atom stereocenters. The van der Waals surface area contributed by atoms with E-state index in [0.717, 1.165) is 14.5 Å². The fraction of sp³-hybridized carbons (Fsp3) is 0.273. The van der Waals surface area contributed by atoms with Crippen molar-refractivity contribution in [3.63, 3.8) is 0 Å². The van der Waals surface area contributed by atoms with Crippen molar-refractivity contribution in [1.29, 1.82) is 0 Å². The van der Waals surface area contributed by atoms with Gasteiger partial charge in [-0.3, -0.25) is 19.7 Å². The van der Waals surface area contributed by atoms with Crippen LogP contribution in [0.1, 0.15) is 30.9 Å². The van der Waals surface area contributed by atoms with Crippen molar-refractivity contribution in [3.05, 3.63) is 73.5 Å². The number of esters is 2. The third-order valence-electron chi connectivity index (χ3n) is 4.89. The van der Waals surface area contributed by atoms with E-state index in [1.165, 1.54) is 12.1 Å². The number of halogens is 1. The van der Waals surface area contributed by atoms with Crippen molar-refractivity contribution >= 4 is 51.1 Å². The zero-order valence-electron chi connectivity index (χ0n) is 17.0. The van der Waals surface area contributed by atoms with Crippen LogP contribution in [0.5, 0.6) is 0 Å². The van der Waals surface area contributed by atoms with Crippen molar-refractivity contribution in [2.24, 2.45) is 5.92 Å². The van der Waals surface area contributed by atoms with Crippen LogP contribution in [0, 0.1) is 19.6 Å². The van der Waals surface area contributed by atoms with Gasteiger partial charge in [-0.15, -0.1) is 0 Å². The number of nitrogens with zero attached hydrogens (tertiary/aromatic N) is 1. The molecule has 0 fully saturated rings. The standard InChI is InChI=1S/C22H21IN2O6/c1-3-30-21(26)20(22(27)31-4-2)19(13-5-8-15(9-6-13)25(28)29)17-12-24-18-10-7-14(23)11-16(17)18/h5-12,19-20,24H,3-4H2,1-2H3/t19-/m0/s1. The summed E-state index contributed by atoms with van der Waals surface area (Å²) in [6.45, 7) is 3.53. The van der Waals surface area contributed by atoms with Gasteiger partial charge in [0.2, 0.25) is 0 Å². The van der Waals surface area contributed by atoms with E-state index in [1.54, 1.807) is 32.2 Å². The van der Waals surface area contributed by atoms with E-state index in [9.17, 15) is 19.7 Å². The van der Waals surface area contributed by atoms with E-state index in [1.807, 2.05) is 18.2 Å². The minimum atomic E-state index is -1.27. The van der Waals surface area contributed by atoms with Gasteiger partial charge in [0.15, 0.2) is 5.92 Å². The minimum absolute atomic E-state index is 0.0835. The quantitative estimate of drug-likeness (QED) is 0.149. The summed E-state index contributed by atoms with van der Waals surface area (Å²) in [5.41, 5.74) is 2.03. The summed E-state index contributed by atoms with van der Waals surface area (Å²) in [5, 5.41) is 11.9. The van der Waals surface area contributed by atoms with Gasteiger partial charge in [0.1, 0.15) is 0 Å². The molecule has 162 valence electrons. The molecule has 3 aromatic rings. The van der Waals surface area contributed by atoms with Crippen LogP contribution in [0.25, 0.3) is 10.9 Å². The Bertz CT molecular complexity index is 1090. The van der Waals surface area contributed by atoms with E-state index in [0.29, 0.717) is 11.1 Å². The second-order valence-corrected chi connectivity index (χ2v) is 7.99. The van der Waals surface area contributed by atoms with Crippen LogP contribution in [0.15, 0.2) is 48.7 Å². The maximum absolute atomic E-state index is 12.9. The predicted molar refractivity (Wildman–Crippen MR) is 123 cm³/mol. The molecule has 0 amide bonds. The fourth-order valence-electron chi connectivity index (χ4n) is 3.56. The van der Waals surface area contributed by atoms with Crippen LogP contribution in [0.3, 0.4) is 0 Å². The number of H-pyrrole nitrogens is 1. The highest BCUT2D eigenvalue weighted by Crippen LogP contribution is 2.39. The van der Waals surface area contributed by atoms with Crippen LogP contribution in [-0.4, -0.2) is 35.1 Å². The Morgan fingerprint density at radius 2 is 1.68 bits per heavy atom. The van der Waals surface area contributed by atoms with Gasteiger partial charge in [-0.25, -0.2) is 0 Å². The highest BCUT2D eigenvalue weighted by Gasteiger charge is 2.40. The Kier molecular flexibility index (Phi) is 7.26. The SMILES string of the molecule is CCOC(=O)C(C(=O)OCC)[C@@H](c1ccc([N+](=O)[O-])cc1)c1c[nH]c2ccc(I)cc12. The van der Waals surface area contributed by atoms with Crippen LogP contribution in [0.4, 0.5) is 5.69 Å². The van der Waals surface area contributed by atoms with E-state index in [2.05, 4.69) is 27.6 Å². The van der Waals surface area contributed by atoms with Crippen LogP contribution < -0.4 is 0 Å². The summed E-state index contributed by atoms with van der Waals surface area (Å²) in [5.74, 6) is -3.43. The van der Waals surface area contributed by atoms with E-state index in [4.69, 9.17) is 9.47 Å². The summed E-state index contributed by atoms with van der Waals surface area (Å²) in [6, 6.07) is 11.6. The molecule has 0 aliphatic heterocycles. The lowest BCUT2D eigenvalue weighted by Gasteiger charge is -2.24. The third-order valence-corrected chi connectivity index (χ3v) is 5.56. The van der Waals surface area contributed by atoms with Gasteiger partial charge in [0.25, 0.3) is 5.69 Å². The number of nitrogens with one attached hydrogen (secondary N) is 1. The number of aromatic amines is 1. The van der Waals surface area contributed by atoms with Gasteiger partial charge in [-0.05, 0) is 65.8 Å². The number of carbonyl (C=O) groups excluding carboxylic acids is 2. The molecule has 8 nitrogen and oxygen atoms in total. The Labute approximate surface area is 192 Å². The minimum Gasteiger partial charge on any atom is -0.465 e. The molecule has 31 heavy (non-hydrogen) atoms. The van der Waals surface area contributed by atoms with Gasteiger partial charge >= 0.3 is 11.9 Å². The van der Waals surface area contributed by atoms with E-state index >= 15 is 0 Å². The maximum Gasteiger partial charge on any atom is 0.321 e. The first-order valence-electron chi connectivity index (χ1n) is 9.71. The lowest BCUT2D eigenvalue weighted by Crippen LogP contribution is -2.34. The summed E-state index contributed by atoms with van der Waals surface area (Å²) in [4.78, 5) is 39.6. The zero-order valence-corrected chi connectivity index (χ0v) is 19.1. The number of carbonyl (C=O) groups is 2. The number of nitro benzene ring substituents is 1. The zero-order chi connectivity index (χ0) is 22.5. The molecule has 0 saturated carbocycles. The number of benzene rings is 2. The van der Waals surface area contributed by atoms with Gasteiger partial charge in [-0.2, -0.15) is 0 Å². The van der Waals surface area contributed by atoms with Crippen LogP contribution in [-0.2, 0) is 19.1 Å². The molecule has 3 rings (SSSR count).